The fourth-order valence-electron chi connectivity index (χ4n) is 2.68. The summed E-state index contributed by atoms with van der Waals surface area (Å²) in [5.74, 6) is 1.15. The Labute approximate surface area is 109 Å². The molecule has 1 N–H and O–H groups in total. The summed E-state index contributed by atoms with van der Waals surface area (Å²) in [5, 5.41) is 3.13. The van der Waals surface area contributed by atoms with Crippen molar-refractivity contribution in [3.63, 3.8) is 0 Å². The summed E-state index contributed by atoms with van der Waals surface area (Å²) < 4.78 is 5.34. The summed E-state index contributed by atoms with van der Waals surface area (Å²) in [4.78, 5) is 12.5. The number of ketones is 1. The van der Waals surface area contributed by atoms with E-state index in [0.717, 1.165) is 41.8 Å². The number of ether oxygens (including phenoxy) is 1. The van der Waals surface area contributed by atoms with Gasteiger partial charge in [-0.25, -0.2) is 0 Å². The fourth-order valence-corrected chi connectivity index (χ4v) is 2.68. The van der Waals surface area contributed by atoms with E-state index in [1.165, 1.54) is 0 Å². The molecule has 0 aromatic heterocycles. The number of carbonyl (C=O) groups excluding carboxylic acids is 1. The molecule has 0 heterocycles. The first-order chi connectivity index (χ1) is 8.54. The first-order valence-electron chi connectivity index (χ1n) is 6.39. The van der Waals surface area contributed by atoms with Gasteiger partial charge in [-0.2, -0.15) is 0 Å². The quantitative estimate of drug-likeness (QED) is 0.812. The van der Waals surface area contributed by atoms with Crippen molar-refractivity contribution in [3.8, 4) is 5.75 Å². The lowest BCUT2D eigenvalue weighted by atomic mass is 9.92. The van der Waals surface area contributed by atoms with E-state index >= 15 is 0 Å². The summed E-state index contributed by atoms with van der Waals surface area (Å²) >= 11 is 0. The number of aryl methyl sites for hydroxylation is 2. The van der Waals surface area contributed by atoms with Crippen molar-refractivity contribution in [1.82, 2.24) is 5.32 Å². The van der Waals surface area contributed by atoms with Gasteiger partial charge in [-0.1, -0.05) is 0 Å². The zero-order valence-corrected chi connectivity index (χ0v) is 11.6. The second kappa shape index (κ2) is 4.73. The molecule has 1 saturated carbocycles. The Bertz CT molecular complexity index is 452. The smallest absolute Gasteiger partial charge is 0.170 e. The lowest BCUT2D eigenvalue weighted by Crippen LogP contribution is -2.28. The van der Waals surface area contributed by atoms with Crippen LogP contribution in [0.25, 0.3) is 0 Å². The predicted octanol–water partition coefficient (Wildman–Crippen LogP) is 2.49. The van der Waals surface area contributed by atoms with Gasteiger partial charge in [0.05, 0.1) is 7.11 Å². The van der Waals surface area contributed by atoms with Crippen molar-refractivity contribution in [2.24, 2.45) is 5.41 Å². The van der Waals surface area contributed by atoms with E-state index < -0.39 is 0 Å². The number of carbonyl (C=O) groups is 1. The summed E-state index contributed by atoms with van der Waals surface area (Å²) in [6, 6.07) is 3.90. The zero-order chi connectivity index (χ0) is 13.3. The molecule has 0 atom stereocenters. The fraction of sp³-hybridized carbons (Fsp3) is 0.533. The van der Waals surface area contributed by atoms with Crippen LogP contribution in [0.2, 0.25) is 0 Å². The van der Waals surface area contributed by atoms with Gasteiger partial charge in [0, 0.05) is 17.5 Å². The third-order valence-electron chi connectivity index (χ3n) is 3.78. The van der Waals surface area contributed by atoms with E-state index in [2.05, 4.69) is 5.32 Å². The second-order valence-corrected chi connectivity index (χ2v) is 5.28. The first-order valence-corrected chi connectivity index (χ1v) is 6.39. The van der Waals surface area contributed by atoms with Crippen LogP contribution < -0.4 is 10.1 Å². The Hall–Kier alpha value is -1.35. The van der Waals surface area contributed by atoms with Crippen LogP contribution in [-0.2, 0) is 0 Å². The van der Waals surface area contributed by atoms with Crippen LogP contribution in [0.4, 0.5) is 0 Å². The highest BCUT2D eigenvalue weighted by atomic mass is 16.5. The van der Waals surface area contributed by atoms with E-state index in [9.17, 15) is 4.79 Å². The highest BCUT2D eigenvalue weighted by molar-refractivity contribution is 6.03. The van der Waals surface area contributed by atoms with E-state index in [1.807, 2.05) is 33.0 Å². The molecule has 98 valence electrons. The van der Waals surface area contributed by atoms with Crippen molar-refractivity contribution in [2.45, 2.75) is 26.7 Å². The highest BCUT2D eigenvalue weighted by Gasteiger charge is 2.49. The number of nitrogens with one attached hydrogen (secondary N) is 1. The van der Waals surface area contributed by atoms with E-state index in [1.54, 1.807) is 7.11 Å². The van der Waals surface area contributed by atoms with Gasteiger partial charge >= 0.3 is 0 Å². The molecular weight excluding hydrogens is 226 g/mol. The van der Waals surface area contributed by atoms with Crippen LogP contribution in [0, 0.1) is 19.3 Å². The molecule has 0 aliphatic heterocycles. The van der Waals surface area contributed by atoms with Crippen molar-refractivity contribution in [1.29, 1.82) is 0 Å². The summed E-state index contributed by atoms with van der Waals surface area (Å²) in [5.41, 5.74) is 2.73. The summed E-state index contributed by atoms with van der Waals surface area (Å²) in [6.45, 7) is 4.75. The molecule has 0 spiro atoms. The molecule has 0 unspecified atom stereocenters. The maximum atomic E-state index is 12.5. The Morgan fingerprint density at radius 2 is 1.89 bits per heavy atom. The standard InChI is InChI=1S/C15H21NO2/c1-10-7-12(8-11(2)13(10)18-4)14(17)15(5-6-15)9-16-3/h7-8,16H,5-6,9H2,1-4H3. The van der Waals surface area contributed by atoms with Gasteiger partial charge in [0.25, 0.3) is 0 Å². The van der Waals surface area contributed by atoms with Crippen LogP contribution in [0.3, 0.4) is 0 Å². The SMILES string of the molecule is CNCC1(C(=O)c2cc(C)c(OC)c(C)c2)CC1. The minimum atomic E-state index is -0.151. The predicted molar refractivity (Wildman–Crippen MR) is 72.4 cm³/mol. The van der Waals surface area contributed by atoms with Crippen LogP contribution in [0.1, 0.15) is 34.3 Å². The average Bonchev–Trinajstić information content (AvgIpc) is 3.09. The summed E-state index contributed by atoms with van der Waals surface area (Å²) in [7, 11) is 3.57. The van der Waals surface area contributed by atoms with Crippen molar-refractivity contribution >= 4 is 5.78 Å². The Morgan fingerprint density at radius 1 is 1.33 bits per heavy atom. The topological polar surface area (TPSA) is 38.3 Å². The third-order valence-corrected chi connectivity index (χ3v) is 3.78. The minimum absolute atomic E-state index is 0.151. The van der Waals surface area contributed by atoms with Gasteiger partial charge in [-0.3, -0.25) is 4.79 Å². The van der Waals surface area contributed by atoms with Crippen LogP contribution >= 0.6 is 0 Å². The normalized spacial score (nSPS) is 16.4. The Morgan fingerprint density at radius 3 is 2.28 bits per heavy atom. The van der Waals surface area contributed by atoms with Gasteiger partial charge in [-0.05, 0) is 57.0 Å². The molecule has 0 radical (unpaired) electrons. The van der Waals surface area contributed by atoms with Crippen molar-refractivity contribution < 1.29 is 9.53 Å². The Kier molecular flexibility index (Phi) is 3.44. The van der Waals surface area contributed by atoms with Gasteiger partial charge in [0.15, 0.2) is 5.78 Å². The molecule has 1 aliphatic carbocycles. The van der Waals surface area contributed by atoms with E-state index in [-0.39, 0.29) is 11.2 Å². The largest absolute Gasteiger partial charge is 0.496 e. The lowest BCUT2D eigenvalue weighted by molar-refractivity contribution is 0.0900. The van der Waals surface area contributed by atoms with Gasteiger partial charge < -0.3 is 10.1 Å². The van der Waals surface area contributed by atoms with E-state index in [0.29, 0.717) is 0 Å². The maximum Gasteiger partial charge on any atom is 0.170 e. The first kappa shape index (κ1) is 13.1. The molecule has 3 nitrogen and oxygen atoms in total. The summed E-state index contributed by atoms with van der Waals surface area (Å²) in [6.07, 6.45) is 1.99. The molecule has 0 amide bonds. The molecule has 2 rings (SSSR count). The molecule has 18 heavy (non-hydrogen) atoms. The second-order valence-electron chi connectivity index (χ2n) is 5.28. The van der Waals surface area contributed by atoms with Gasteiger partial charge in [0.2, 0.25) is 0 Å². The number of rotatable bonds is 5. The van der Waals surface area contributed by atoms with Crippen LogP contribution in [0.15, 0.2) is 12.1 Å². The highest BCUT2D eigenvalue weighted by Crippen LogP contribution is 2.48. The number of hydrogen-bond acceptors (Lipinski definition) is 3. The molecular formula is C15H21NO2. The maximum absolute atomic E-state index is 12.5. The van der Waals surface area contributed by atoms with Gasteiger partial charge in [-0.15, -0.1) is 0 Å². The number of hydrogen-bond donors (Lipinski definition) is 1. The molecule has 0 saturated heterocycles. The Balaban J connectivity index is 2.32. The van der Waals surface area contributed by atoms with Crippen molar-refractivity contribution in [2.75, 3.05) is 20.7 Å². The monoisotopic (exact) mass is 247 g/mol. The number of benzene rings is 1. The van der Waals surface area contributed by atoms with Gasteiger partial charge in [0.1, 0.15) is 5.75 Å². The molecule has 1 fully saturated rings. The lowest BCUT2D eigenvalue weighted by Gasteiger charge is -2.16. The molecule has 0 bridgehead atoms. The molecule has 1 aliphatic rings. The average molecular weight is 247 g/mol. The third kappa shape index (κ3) is 2.15. The molecule has 1 aromatic rings. The van der Waals surface area contributed by atoms with Crippen molar-refractivity contribution in [3.05, 3.63) is 28.8 Å². The molecule has 3 heteroatoms. The minimum Gasteiger partial charge on any atom is -0.496 e. The van der Waals surface area contributed by atoms with E-state index in [4.69, 9.17) is 4.74 Å². The number of methoxy groups -OCH3 is 1. The zero-order valence-electron chi connectivity index (χ0n) is 11.6. The van der Waals surface area contributed by atoms with Crippen LogP contribution in [-0.4, -0.2) is 26.5 Å². The van der Waals surface area contributed by atoms with Crippen LogP contribution in [0.5, 0.6) is 5.75 Å². The molecule has 1 aromatic carbocycles. The number of Topliss-reactive ketones (excluding diaryl/α,β-unsaturated/α-hetero) is 1.